The predicted octanol–water partition coefficient (Wildman–Crippen LogP) is 15.6. The van der Waals surface area contributed by atoms with Crippen LogP contribution in [0.1, 0.15) is 23.6 Å². The van der Waals surface area contributed by atoms with Crippen molar-refractivity contribution in [2.45, 2.75) is 12.3 Å². The predicted molar refractivity (Wildman–Crippen MR) is 262 cm³/mol. The largest absolute Gasteiger partial charge is 0.246 e. The molecule has 1 aliphatic rings. The molecule has 9 aromatic carbocycles. The first-order valence-electron chi connectivity index (χ1n) is 21.5. The van der Waals surface area contributed by atoms with Crippen molar-refractivity contribution in [1.82, 2.24) is 15.0 Å². The van der Waals surface area contributed by atoms with Gasteiger partial charge in [0.15, 0.2) is 0 Å². The van der Waals surface area contributed by atoms with Crippen LogP contribution < -0.4 is 0 Å². The SMILES string of the molecule is C1=CC(c2c3ccccc3c(-c3ccc4ccc5ccc(-c6ccccc6)nc5c4n3)c3ccccc23)CC=C1c1nc2c3ccccc3c3ccccc3c2c2ccccc12. The van der Waals surface area contributed by atoms with Crippen LogP contribution in [-0.4, -0.2) is 15.0 Å². The van der Waals surface area contributed by atoms with E-state index in [0.717, 1.165) is 62.0 Å². The first-order valence-corrected chi connectivity index (χ1v) is 21.5. The second-order valence-electron chi connectivity index (χ2n) is 16.5. The summed E-state index contributed by atoms with van der Waals surface area (Å²) in [6.07, 6.45) is 8.01. The fourth-order valence-electron chi connectivity index (χ4n) is 10.3. The first kappa shape index (κ1) is 34.8. The molecule has 3 nitrogen and oxygen atoms in total. The molecule has 1 atom stereocenters. The van der Waals surface area contributed by atoms with Crippen LogP contribution in [0.15, 0.2) is 206 Å². The quantitative estimate of drug-likeness (QED) is 0.132. The highest BCUT2D eigenvalue weighted by atomic mass is 14.8. The lowest BCUT2D eigenvalue weighted by atomic mass is 9.81. The van der Waals surface area contributed by atoms with Gasteiger partial charge in [0.05, 0.1) is 33.6 Å². The molecular weight excluding hydrogens is 751 g/mol. The third kappa shape index (κ3) is 5.28. The minimum absolute atomic E-state index is 0.174. The van der Waals surface area contributed by atoms with Crippen LogP contribution in [0.4, 0.5) is 0 Å². The van der Waals surface area contributed by atoms with E-state index in [1.807, 2.05) is 6.07 Å². The van der Waals surface area contributed by atoms with Gasteiger partial charge in [0, 0.05) is 44.0 Å². The summed E-state index contributed by atoms with van der Waals surface area (Å²) in [5, 5.41) is 15.6. The summed E-state index contributed by atoms with van der Waals surface area (Å²) in [5.74, 6) is 0.174. The average Bonchev–Trinajstić information content (AvgIpc) is 3.35. The van der Waals surface area contributed by atoms with Crippen molar-refractivity contribution in [3.63, 3.8) is 0 Å². The van der Waals surface area contributed by atoms with Crippen LogP contribution in [0.5, 0.6) is 0 Å². The standard InChI is InChI=1S/C59H37N3/c1-2-14-36(15-3-1)51-34-32-39-30-31-40-33-35-52(61-58(40)57(39)60-51)54-46-21-9-7-19-44(46)53(45-20-8-10-22-47(45)54)37-26-28-38(29-27-37)56-50-25-13-11-23-48(50)55-43-18-6-4-16-41(43)42-17-5-12-24-49(42)59(55)62-56/h1-26,28-35,37H,27H2. The number of fused-ring (bicyclic) bond motifs is 13. The second-order valence-corrected chi connectivity index (χ2v) is 16.5. The first-order chi connectivity index (χ1) is 30.8. The summed E-state index contributed by atoms with van der Waals surface area (Å²) in [4.78, 5) is 16.3. The van der Waals surface area contributed by atoms with Gasteiger partial charge in [-0.25, -0.2) is 15.0 Å². The summed E-state index contributed by atoms with van der Waals surface area (Å²) in [7, 11) is 0. The van der Waals surface area contributed by atoms with Gasteiger partial charge in [0.25, 0.3) is 0 Å². The normalized spacial score (nSPS) is 14.3. The molecule has 0 N–H and O–H groups in total. The molecule has 0 spiro atoms. The Kier molecular flexibility index (Phi) is 7.73. The summed E-state index contributed by atoms with van der Waals surface area (Å²) in [5.41, 5.74) is 10.6. The van der Waals surface area contributed by atoms with Crippen molar-refractivity contribution < 1.29 is 0 Å². The minimum atomic E-state index is 0.174. The number of rotatable bonds is 4. The number of benzene rings is 9. The topological polar surface area (TPSA) is 38.7 Å². The molecule has 3 heteroatoms. The van der Waals surface area contributed by atoms with E-state index in [2.05, 4.69) is 200 Å². The van der Waals surface area contributed by atoms with Gasteiger partial charge in [0.1, 0.15) is 0 Å². The summed E-state index contributed by atoms with van der Waals surface area (Å²) in [6, 6.07) is 67.5. The molecule has 12 aromatic rings. The molecule has 0 amide bonds. The van der Waals surface area contributed by atoms with Crippen LogP contribution in [0.2, 0.25) is 0 Å². The highest BCUT2D eigenvalue weighted by Gasteiger charge is 2.24. The van der Waals surface area contributed by atoms with Crippen molar-refractivity contribution in [3.8, 4) is 22.5 Å². The third-order valence-corrected chi connectivity index (χ3v) is 13.1. The van der Waals surface area contributed by atoms with Crippen LogP contribution in [0.25, 0.3) is 115 Å². The van der Waals surface area contributed by atoms with Crippen molar-refractivity contribution in [3.05, 3.63) is 218 Å². The molecule has 288 valence electrons. The molecule has 1 unspecified atom stereocenters. The van der Waals surface area contributed by atoms with E-state index in [9.17, 15) is 0 Å². The van der Waals surface area contributed by atoms with Crippen molar-refractivity contribution in [2.24, 2.45) is 0 Å². The Morgan fingerprint density at radius 3 is 1.48 bits per heavy atom. The van der Waals surface area contributed by atoms with E-state index in [1.54, 1.807) is 0 Å². The Hall–Kier alpha value is -8.01. The monoisotopic (exact) mass is 787 g/mol. The molecule has 0 saturated heterocycles. The fourth-order valence-corrected chi connectivity index (χ4v) is 10.3. The van der Waals surface area contributed by atoms with Gasteiger partial charge in [-0.3, -0.25) is 0 Å². The van der Waals surface area contributed by atoms with Crippen LogP contribution in [-0.2, 0) is 0 Å². The third-order valence-electron chi connectivity index (χ3n) is 13.1. The highest BCUT2D eigenvalue weighted by Crippen LogP contribution is 2.46. The molecular formula is C59H37N3. The summed E-state index contributed by atoms with van der Waals surface area (Å²) >= 11 is 0. The van der Waals surface area contributed by atoms with Crippen LogP contribution in [0.3, 0.4) is 0 Å². The molecule has 1 aliphatic carbocycles. The van der Waals surface area contributed by atoms with Gasteiger partial charge in [-0.05, 0) is 72.8 Å². The molecule has 13 rings (SSSR count). The molecule has 0 bridgehead atoms. The Labute approximate surface area is 358 Å². The van der Waals surface area contributed by atoms with Gasteiger partial charge in [-0.2, -0.15) is 0 Å². The number of pyridine rings is 3. The van der Waals surface area contributed by atoms with Gasteiger partial charge in [-0.15, -0.1) is 0 Å². The second kappa shape index (κ2) is 13.8. The van der Waals surface area contributed by atoms with Crippen molar-refractivity contribution in [2.75, 3.05) is 0 Å². The maximum atomic E-state index is 5.58. The van der Waals surface area contributed by atoms with Gasteiger partial charge < -0.3 is 0 Å². The molecule has 0 saturated carbocycles. The molecule has 62 heavy (non-hydrogen) atoms. The van der Waals surface area contributed by atoms with Crippen LogP contribution in [0, 0.1) is 0 Å². The average molecular weight is 788 g/mol. The highest BCUT2D eigenvalue weighted by molar-refractivity contribution is 6.31. The van der Waals surface area contributed by atoms with E-state index in [4.69, 9.17) is 15.0 Å². The van der Waals surface area contributed by atoms with Gasteiger partial charge in [-0.1, -0.05) is 194 Å². The smallest absolute Gasteiger partial charge is 0.0972 e. The van der Waals surface area contributed by atoms with E-state index < -0.39 is 0 Å². The molecule has 0 radical (unpaired) electrons. The molecule has 0 aliphatic heterocycles. The maximum Gasteiger partial charge on any atom is 0.0972 e. The number of hydrogen-bond acceptors (Lipinski definition) is 3. The Balaban J connectivity index is 0.959. The van der Waals surface area contributed by atoms with E-state index in [1.165, 1.54) is 70.4 Å². The lowest BCUT2D eigenvalue weighted by Gasteiger charge is -2.23. The molecule has 0 fully saturated rings. The lowest BCUT2D eigenvalue weighted by molar-refractivity contribution is 0.872. The number of nitrogens with zero attached hydrogens (tertiary/aromatic N) is 3. The van der Waals surface area contributed by atoms with Gasteiger partial charge >= 0.3 is 0 Å². The zero-order chi connectivity index (χ0) is 40.7. The Bertz CT molecular complexity index is 3840. The zero-order valence-corrected chi connectivity index (χ0v) is 33.8. The lowest BCUT2D eigenvalue weighted by Crippen LogP contribution is -2.03. The van der Waals surface area contributed by atoms with Gasteiger partial charge in [0.2, 0.25) is 0 Å². The fraction of sp³-hybridized carbons (Fsp3) is 0.0339. The molecule has 3 heterocycles. The van der Waals surface area contributed by atoms with E-state index in [0.29, 0.717) is 0 Å². The van der Waals surface area contributed by atoms with Crippen molar-refractivity contribution >= 4 is 92.1 Å². The Morgan fingerprint density at radius 2 is 0.855 bits per heavy atom. The van der Waals surface area contributed by atoms with E-state index in [-0.39, 0.29) is 5.92 Å². The molecule has 3 aromatic heterocycles. The summed E-state index contributed by atoms with van der Waals surface area (Å²) < 4.78 is 0. The number of hydrogen-bond donors (Lipinski definition) is 0. The zero-order valence-electron chi connectivity index (χ0n) is 33.8. The maximum absolute atomic E-state index is 5.58. The number of aromatic nitrogens is 3. The summed E-state index contributed by atoms with van der Waals surface area (Å²) in [6.45, 7) is 0. The minimum Gasteiger partial charge on any atom is -0.246 e. The van der Waals surface area contributed by atoms with E-state index >= 15 is 0 Å². The van der Waals surface area contributed by atoms with Crippen molar-refractivity contribution in [1.29, 1.82) is 0 Å². The van der Waals surface area contributed by atoms with Crippen LogP contribution >= 0.6 is 0 Å². The number of allylic oxidation sites excluding steroid dienone is 4. The Morgan fingerprint density at radius 1 is 0.371 bits per heavy atom.